The van der Waals surface area contributed by atoms with E-state index >= 15 is 0 Å². The number of ether oxygens (including phenoxy) is 2. The lowest BCUT2D eigenvalue weighted by atomic mass is 10.1. The van der Waals surface area contributed by atoms with Crippen molar-refractivity contribution in [2.75, 3.05) is 33.5 Å². The molecule has 0 saturated carbocycles. The fraction of sp³-hybridized carbons (Fsp3) is 0.600. The van der Waals surface area contributed by atoms with Gasteiger partial charge >= 0.3 is 0 Å². The lowest BCUT2D eigenvalue weighted by Gasteiger charge is -2.17. The standard InChI is InChI=1S/C15H24BrNO3/c1-11(9-18)10-20-15-12(2)6-14(16)7-13(15)8-17-4-5-19-3/h6-7,11,17-18H,4-5,8-10H2,1-3H3. The minimum Gasteiger partial charge on any atom is -0.493 e. The maximum Gasteiger partial charge on any atom is 0.126 e. The highest BCUT2D eigenvalue weighted by Gasteiger charge is 2.10. The molecule has 2 N–H and O–H groups in total. The predicted molar refractivity (Wildman–Crippen MR) is 84.2 cm³/mol. The van der Waals surface area contributed by atoms with Crippen LogP contribution in [0.2, 0.25) is 0 Å². The van der Waals surface area contributed by atoms with Gasteiger partial charge in [-0.25, -0.2) is 0 Å². The van der Waals surface area contributed by atoms with Gasteiger partial charge in [-0.15, -0.1) is 0 Å². The first kappa shape index (κ1) is 17.4. The van der Waals surface area contributed by atoms with E-state index in [1.54, 1.807) is 7.11 Å². The summed E-state index contributed by atoms with van der Waals surface area (Å²) in [4.78, 5) is 0. The van der Waals surface area contributed by atoms with Crippen molar-refractivity contribution in [3.63, 3.8) is 0 Å². The minimum atomic E-state index is 0.132. The second-order valence-corrected chi connectivity index (χ2v) is 5.89. The van der Waals surface area contributed by atoms with Crippen molar-refractivity contribution < 1.29 is 14.6 Å². The van der Waals surface area contributed by atoms with E-state index in [0.29, 0.717) is 13.2 Å². The van der Waals surface area contributed by atoms with Crippen molar-refractivity contribution in [2.24, 2.45) is 5.92 Å². The third-order valence-corrected chi connectivity index (χ3v) is 3.40. The van der Waals surface area contributed by atoms with Crippen molar-refractivity contribution in [3.05, 3.63) is 27.7 Å². The number of aliphatic hydroxyl groups excluding tert-OH is 1. The molecule has 1 unspecified atom stereocenters. The molecule has 0 amide bonds. The van der Waals surface area contributed by atoms with Gasteiger partial charge in [0.1, 0.15) is 5.75 Å². The topological polar surface area (TPSA) is 50.7 Å². The number of benzene rings is 1. The number of aryl methyl sites for hydroxylation is 1. The molecule has 1 atom stereocenters. The zero-order chi connectivity index (χ0) is 15.0. The number of halogens is 1. The largest absolute Gasteiger partial charge is 0.493 e. The van der Waals surface area contributed by atoms with E-state index in [1.165, 1.54) is 0 Å². The molecule has 114 valence electrons. The lowest BCUT2D eigenvalue weighted by Crippen LogP contribution is -2.20. The van der Waals surface area contributed by atoms with Gasteiger partial charge < -0.3 is 19.9 Å². The molecule has 1 rings (SSSR count). The second-order valence-electron chi connectivity index (χ2n) is 4.98. The van der Waals surface area contributed by atoms with E-state index in [9.17, 15) is 0 Å². The van der Waals surface area contributed by atoms with Crippen molar-refractivity contribution >= 4 is 15.9 Å². The Morgan fingerprint density at radius 3 is 2.80 bits per heavy atom. The van der Waals surface area contributed by atoms with Gasteiger partial charge in [-0.1, -0.05) is 22.9 Å². The fourth-order valence-electron chi connectivity index (χ4n) is 1.81. The normalized spacial score (nSPS) is 12.4. The number of hydrogen-bond acceptors (Lipinski definition) is 4. The first-order valence-electron chi connectivity index (χ1n) is 6.80. The highest BCUT2D eigenvalue weighted by atomic mass is 79.9. The summed E-state index contributed by atoms with van der Waals surface area (Å²) >= 11 is 3.52. The van der Waals surface area contributed by atoms with Crippen LogP contribution >= 0.6 is 15.9 Å². The Bertz CT molecular complexity index is 412. The number of rotatable bonds is 9. The lowest BCUT2D eigenvalue weighted by molar-refractivity contribution is 0.172. The van der Waals surface area contributed by atoms with E-state index in [-0.39, 0.29) is 12.5 Å². The Labute approximate surface area is 129 Å². The third kappa shape index (κ3) is 5.79. The second kappa shape index (κ2) is 9.34. The first-order chi connectivity index (χ1) is 9.58. The molecular weight excluding hydrogens is 322 g/mol. The van der Waals surface area contributed by atoms with Crippen molar-refractivity contribution in [3.8, 4) is 5.75 Å². The van der Waals surface area contributed by atoms with Gasteiger partial charge in [0, 0.05) is 42.8 Å². The SMILES string of the molecule is COCCNCc1cc(Br)cc(C)c1OCC(C)CO. The molecule has 0 aromatic heterocycles. The average Bonchev–Trinajstić information content (AvgIpc) is 2.42. The fourth-order valence-corrected chi connectivity index (χ4v) is 2.43. The molecular formula is C15H24BrNO3. The van der Waals surface area contributed by atoms with Gasteiger partial charge in [-0.2, -0.15) is 0 Å². The van der Waals surface area contributed by atoms with Crippen LogP contribution in [0.4, 0.5) is 0 Å². The summed E-state index contributed by atoms with van der Waals surface area (Å²) in [5.74, 6) is 1.03. The molecule has 0 radical (unpaired) electrons. The van der Waals surface area contributed by atoms with Crippen molar-refractivity contribution in [1.29, 1.82) is 0 Å². The van der Waals surface area contributed by atoms with Crippen LogP contribution < -0.4 is 10.1 Å². The molecule has 4 nitrogen and oxygen atoms in total. The van der Waals surface area contributed by atoms with Crippen LogP contribution in [0, 0.1) is 12.8 Å². The maximum atomic E-state index is 9.08. The van der Waals surface area contributed by atoms with Gasteiger partial charge in [0.15, 0.2) is 0 Å². The molecule has 20 heavy (non-hydrogen) atoms. The molecule has 0 heterocycles. The summed E-state index contributed by atoms with van der Waals surface area (Å²) in [6.07, 6.45) is 0. The van der Waals surface area contributed by atoms with E-state index in [1.807, 2.05) is 19.9 Å². The van der Waals surface area contributed by atoms with Crippen molar-refractivity contribution in [2.45, 2.75) is 20.4 Å². The minimum absolute atomic E-state index is 0.132. The molecule has 0 aliphatic heterocycles. The first-order valence-corrected chi connectivity index (χ1v) is 7.60. The smallest absolute Gasteiger partial charge is 0.126 e. The molecule has 5 heteroatoms. The molecule has 0 spiro atoms. The number of nitrogens with one attached hydrogen (secondary N) is 1. The molecule has 0 bridgehead atoms. The van der Waals surface area contributed by atoms with Crippen LogP contribution in [0.15, 0.2) is 16.6 Å². The van der Waals surface area contributed by atoms with Crippen LogP contribution in [0.25, 0.3) is 0 Å². The Hall–Kier alpha value is -0.620. The summed E-state index contributed by atoms with van der Waals surface area (Å²) in [6.45, 7) is 6.86. The van der Waals surface area contributed by atoms with Crippen LogP contribution in [0.5, 0.6) is 5.75 Å². The van der Waals surface area contributed by atoms with Crippen molar-refractivity contribution in [1.82, 2.24) is 5.32 Å². The van der Waals surface area contributed by atoms with Gasteiger partial charge in [-0.3, -0.25) is 0 Å². The van der Waals surface area contributed by atoms with Gasteiger partial charge in [0.2, 0.25) is 0 Å². The highest BCUT2D eigenvalue weighted by Crippen LogP contribution is 2.28. The predicted octanol–water partition coefficient (Wildman–Crippen LogP) is 2.50. The van der Waals surface area contributed by atoms with E-state index < -0.39 is 0 Å². The van der Waals surface area contributed by atoms with Gasteiger partial charge in [0.25, 0.3) is 0 Å². The number of hydrogen-bond donors (Lipinski definition) is 2. The molecule has 0 saturated heterocycles. The third-order valence-electron chi connectivity index (χ3n) is 2.94. The molecule has 1 aromatic carbocycles. The molecule has 0 fully saturated rings. The van der Waals surface area contributed by atoms with E-state index in [0.717, 1.165) is 34.4 Å². The Morgan fingerprint density at radius 1 is 1.40 bits per heavy atom. The summed E-state index contributed by atoms with van der Waals surface area (Å²) in [6, 6.07) is 4.10. The summed E-state index contributed by atoms with van der Waals surface area (Å²) in [5, 5.41) is 12.4. The van der Waals surface area contributed by atoms with Gasteiger partial charge in [0.05, 0.1) is 13.2 Å². The Kier molecular flexibility index (Phi) is 8.14. The highest BCUT2D eigenvalue weighted by molar-refractivity contribution is 9.10. The van der Waals surface area contributed by atoms with E-state index in [2.05, 4.69) is 27.3 Å². The maximum absolute atomic E-state index is 9.08. The monoisotopic (exact) mass is 345 g/mol. The van der Waals surface area contributed by atoms with Crippen LogP contribution in [-0.4, -0.2) is 38.6 Å². The molecule has 0 aliphatic carbocycles. The average molecular weight is 346 g/mol. The van der Waals surface area contributed by atoms with E-state index in [4.69, 9.17) is 14.6 Å². The molecule has 0 aliphatic rings. The summed E-state index contributed by atoms with van der Waals surface area (Å²) < 4.78 is 11.9. The quantitative estimate of drug-likeness (QED) is 0.675. The zero-order valence-corrected chi connectivity index (χ0v) is 14.0. The van der Waals surface area contributed by atoms with Crippen LogP contribution in [-0.2, 0) is 11.3 Å². The summed E-state index contributed by atoms with van der Waals surface area (Å²) in [5.41, 5.74) is 2.20. The number of methoxy groups -OCH3 is 1. The number of aliphatic hydroxyl groups is 1. The molecule has 1 aromatic rings. The van der Waals surface area contributed by atoms with Gasteiger partial charge in [-0.05, 0) is 24.6 Å². The van der Waals surface area contributed by atoms with Crippen LogP contribution in [0.1, 0.15) is 18.1 Å². The van der Waals surface area contributed by atoms with Crippen LogP contribution in [0.3, 0.4) is 0 Å². The Balaban J connectivity index is 2.73. The summed E-state index contributed by atoms with van der Waals surface area (Å²) in [7, 11) is 1.69. The zero-order valence-electron chi connectivity index (χ0n) is 12.4. The Morgan fingerprint density at radius 2 is 2.15 bits per heavy atom.